The normalized spacial score (nSPS) is 19.9. The second-order valence-electron chi connectivity index (χ2n) is 6.78. The van der Waals surface area contributed by atoms with Crippen molar-refractivity contribution in [2.75, 3.05) is 49.5 Å². The number of aromatic nitrogens is 3. The number of nitrogens with one attached hydrogen (secondary N) is 1. The Labute approximate surface area is 158 Å². The number of anilines is 2. The highest BCUT2D eigenvalue weighted by atomic mass is 16.5. The van der Waals surface area contributed by atoms with Gasteiger partial charge in [-0.1, -0.05) is 6.07 Å². The first-order chi connectivity index (χ1) is 13.3. The monoisotopic (exact) mass is 368 g/mol. The van der Waals surface area contributed by atoms with Crippen LogP contribution in [0.1, 0.15) is 23.2 Å². The SMILES string of the molecule is O=C(c1cnc(NCC2CCCO2)nc1)N1CCN(c2ccccn2)CC1. The van der Waals surface area contributed by atoms with Crippen LogP contribution in [0.15, 0.2) is 36.8 Å². The molecule has 27 heavy (non-hydrogen) atoms. The molecule has 1 atom stereocenters. The van der Waals surface area contributed by atoms with Crippen LogP contribution < -0.4 is 10.2 Å². The molecule has 8 nitrogen and oxygen atoms in total. The van der Waals surface area contributed by atoms with Gasteiger partial charge in [0, 0.05) is 57.9 Å². The molecule has 1 amide bonds. The van der Waals surface area contributed by atoms with Crippen LogP contribution in [0.4, 0.5) is 11.8 Å². The summed E-state index contributed by atoms with van der Waals surface area (Å²) in [6.45, 7) is 4.38. The van der Waals surface area contributed by atoms with Gasteiger partial charge in [-0.2, -0.15) is 0 Å². The standard InChI is InChI=1S/C19H24N6O2/c26-18(25-9-7-24(8-10-25)17-5-1-2-6-20-17)15-12-21-19(22-13-15)23-14-16-4-3-11-27-16/h1-2,5-6,12-13,16H,3-4,7-11,14H2,(H,21,22,23). The van der Waals surface area contributed by atoms with Crippen molar-refractivity contribution in [3.63, 3.8) is 0 Å². The van der Waals surface area contributed by atoms with E-state index in [0.717, 1.165) is 38.4 Å². The molecule has 2 aromatic rings. The van der Waals surface area contributed by atoms with Crippen LogP contribution in [-0.4, -0.2) is 71.2 Å². The molecule has 0 saturated carbocycles. The van der Waals surface area contributed by atoms with Crippen LogP contribution in [0.2, 0.25) is 0 Å². The molecule has 142 valence electrons. The van der Waals surface area contributed by atoms with Gasteiger partial charge in [-0.3, -0.25) is 4.79 Å². The van der Waals surface area contributed by atoms with Gasteiger partial charge >= 0.3 is 0 Å². The molecule has 2 aromatic heterocycles. The zero-order chi connectivity index (χ0) is 18.5. The summed E-state index contributed by atoms with van der Waals surface area (Å²) in [4.78, 5) is 29.6. The van der Waals surface area contributed by atoms with Gasteiger partial charge in [0.15, 0.2) is 0 Å². The average Bonchev–Trinajstić information content (AvgIpc) is 3.27. The Hall–Kier alpha value is -2.74. The van der Waals surface area contributed by atoms with E-state index in [1.165, 1.54) is 0 Å². The molecule has 4 heterocycles. The highest BCUT2D eigenvalue weighted by molar-refractivity contribution is 5.93. The number of amides is 1. The Morgan fingerprint density at radius 2 is 1.96 bits per heavy atom. The van der Waals surface area contributed by atoms with Gasteiger partial charge in [0.2, 0.25) is 5.95 Å². The third-order valence-corrected chi connectivity index (χ3v) is 4.95. The molecule has 0 aromatic carbocycles. The van der Waals surface area contributed by atoms with Crippen molar-refractivity contribution in [1.29, 1.82) is 0 Å². The number of piperazine rings is 1. The minimum absolute atomic E-state index is 0.0265. The smallest absolute Gasteiger partial charge is 0.257 e. The number of ether oxygens (including phenoxy) is 1. The number of nitrogens with zero attached hydrogens (tertiary/aromatic N) is 5. The van der Waals surface area contributed by atoms with E-state index in [1.54, 1.807) is 18.6 Å². The molecule has 0 bridgehead atoms. The van der Waals surface area contributed by atoms with E-state index in [2.05, 4.69) is 25.2 Å². The molecule has 4 rings (SSSR count). The summed E-state index contributed by atoms with van der Waals surface area (Å²) >= 11 is 0. The lowest BCUT2D eigenvalue weighted by Crippen LogP contribution is -2.49. The second kappa shape index (κ2) is 8.30. The third kappa shape index (κ3) is 4.33. The number of carbonyl (C=O) groups is 1. The van der Waals surface area contributed by atoms with E-state index in [-0.39, 0.29) is 12.0 Å². The second-order valence-corrected chi connectivity index (χ2v) is 6.78. The molecular weight excluding hydrogens is 344 g/mol. The molecule has 1 N–H and O–H groups in total. The Kier molecular flexibility index (Phi) is 5.43. The molecule has 2 fully saturated rings. The summed E-state index contributed by atoms with van der Waals surface area (Å²) in [6, 6.07) is 5.88. The van der Waals surface area contributed by atoms with E-state index in [9.17, 15) is 4.79 Å². The molecule has 0 radical (unpaired) electrons. The van der Waals surface area contributed by atoms with Crippen LogP contribution in [-0.2, 0) is 4.74 Å². The van der Waals surface area contributed by atoms with Crippen LogP contribution in [0.5, 0.6) is 0 Å². The largest absolute Gasteiger partial charge is 0.376 e. The van der Waals surface area contributed by atoms with Crippen molar-refractivity contribution in [2.24, 2.45) is 0 Å². The third-order valence-electron chi connectivity index (χ3n) is 4.95. The fourth-order valence-corrected chi connectivity index (χ4v) is 3.40. The van der Waals surface area contributed by atoms with Crippen LogP contribution in [0.25, 0.3) is 0 Å². The first-order valence-corrected chi connectivity index (χ1v) is 9.42. The summed E-state index contributed by atoms with van der Waals surface area (Å²) in [5, 5.41) is 3.17. The lowest BCUT2D eigenvalue weighted by Gasteiger charge is -2.35. The summed E-state index contributed by atoms with van der Waals surface area (Å²) in [5.41, 5.74) is 0.518. The molecule has 8 heteroatoms. The first kappa shape index (κ1) is 17.7. The van der Waals surface area contributed by atoms with E-state index in [4.69, 9.17) is 4.74 Å². The Balaban J connectivity index is 1.29. The van der Waals surface area contributed by atoms with E-state index < -0.39 is 0 Å². The maximum atomic E-state index is 12.7. The predicted molar refractivity (Wildman–Crippen MR) is 102 cm³/mol. The first-order valence-electron chi connectivity index (χ1n) is 9.42. The topological polar surface area (TPSA) is 83.5 Å². The zero-order valence-electron chi connectivity index (χ0n) is 15.3. The van der Waals surface area contributed by atoms with Gasteiger partial charge in [0.25, 0.3) is 5.91 Å². The van der Waals surface area contributed by atoms with E-state index in [1.807, 2.05) is 23.1 Å². The van der Waals surface area contributed by atoms with Gasteiger partial charge in [-0.25, -0.2) is 15.0 Å². The summed E-state index contributed by atoms with van der Waals surface area (Å²) in [5.74, 6) is 1.46. The maximum absolute atomic E-state index is 12.7. The lowest BCUT2D eigenvalue weighted by molar-refractivity contribution is 0.0745. The predicted octanol–water partition coefficient (Wildman–Crippen LogP) is 1.42. The quantitative estimate of drug-likeness (QED) is 0.855. The number of rotatable bonds is 5. The van der Waals surface area contributed by atoms with Gasteiger partial charge in [0.05, 0.1) is 11.7 Å². The lowest BCUT2D eigenvalue weighted by atomic mass is 10.2. The van der Waals surface area contributed by atoms with E-state index >= 15 is 0 Å². The van der Waals surface area contributed by atoms with Crippen molar-refractivity contribution >= 4 is 17.7 Å². The van der Waals surface area contributed by atoms with Crippen molar-refractivity contribution in [1.82, 2.24) is 19.9 Å². The zero-order valence-corrected chi connectivity index (χ0v) is 15.3. The van der Waals surface area contributed by atoms with Gasteiger partial charge in [-0.15, -0.1) is 0 Å². The Morgan fingerprint density at radius 3 is 2.63 bits per heavy atom. The van der Waals surface area contributed by atoms with Gasteiger partial charge < -0.3 is 19.9 Å². The molecule has 1 unspecified atom stereocenters. The molecule has 2 aliphatic rings. The number of carbonyl (C=O) groups excluding carboxylic acids is 1. The highest BCUT2D eigenvalue weighted by Crippen LogP contribution is 2.15. The van der Waals surface area contributed by atoms with Gasteiger partial charge in [0.1, 0.15) is 5.82 Å². The van der Waals surface area contributed by atoms with Crippen molar-refractivity contribution < 1.29 is 9.53 Å². The summed E-state index contributed by atoms with van der Waals surface area (Å²) in [6.07, 6.45) is 7.38. The molecule has 0 aliphatic carbocycles. The number of hydrogen-bond donors (Lipinski definition) is 1. The number of hydrogen-bond acceptors (Lipinski definition) is 7. The summed E-state index contributed by atoms with van der Waals surface area (Å²) in [7, 11) is 0. The molecular formula is C19H24N6O2. The minimum Gasteiger partial charge on any atom is -0.376 e. The molecule has 0 spiro atoms. The Bertz CT molecular complexity index is 741. The summed E-state index contributed by atoms with van der Waals surface area (Å²) < 4.78 is 5.57. The fraction of sp³-hybridized carbons (Fsp3) is 0.474. The average molecular weight is 368 g/mol. The highest BCUT2D eigenvalue weighted by Gasteiger charge is 2.23. The maximum Gasteiger partial charge on any atom is 0.257 e. The fourth-order valence-electron chi connectivity index (χ4n) is 3.40. The van der Waals surface area contributed by atoms with Crippen LogP contribution in [0.3, 0.4) is 0 Å². The van der Waals surface area contributed by atoms with Gasteiger partial charge in [-0.05, 0) is 25.0 Å². The van der Waals surface area contributed by atoms with Crippen molar-refractivity contribution in [3.8, 4) is 0 Å². The molecule has 2 saturated heterocycles. The van der Waals surface area contributed by atoms with Crippen LogP contribution in [0, 0.1) is 0 Å². The van der Waals surface area contributed by atoms with Crippen molar-refractivity contribution in [2.45, 2.75) is 18.9 Å². The molecule has 2 aliphatic heterocycles. The minimum atomic E-state index is -0.0265. The van der Waals surface area contributed by atoms with Crippen molar-refractivity contribution in [3.05, 3.63) is 42.4 Å². The Morgan fingerprint density at radius 1 is 1.15 bits per heavy atom. The number of pyridine rings is 1. The van der Waals surface area contributed by atoms with Crippen LogP contribution >= 0.6 is 0 Å². The van der Waals surface area contributed by atoms with E-state index in [0.29, 0.717) is 31.1 Å².